The van der Waals surface area contributed by atoms with E-state index in [4.69, 9.17) is 0 Å². The second-order valence-corrected chi connectivity index (χ2v) is 5.48. The summed E-state index contributed by atoms with van der Waals surface area (Å²) in [4.78, 5) is 5.78. The van der Waals surface area contributed by atoms with Crippen LogP contribution in [-0.2, 0) is 6.42 Å². The lowest BCUT2D eigenvalue weighted by atomic mass is 10.1. The fourth-order valence-corrected chi connectivity index (χ4v) is 2.99. The third-order valence-electron chi connectivity index (χ3n) is 3.15. The molecule has 0 saturated carbocycles. The Hall–Kier alpha value is -1.93. The molecule has 1 heterocycles. The van der Waals surface area contributed by atoms with Crippen molar-refractivity contribution in [3.63, 3.8) is 0 Å². The van der Waals surface area contributed by atoms with Crippen LogP contribution in [0.5, 0.6) is 0 Å². The van der Waals surface area contributed by atoms with Crippen LogP contribution in [0.4, 0.5) is 0 Å². The van der Waals surface area contributed by atoms with Crippen LogP contribution in [-0.4, -0.2) is 4.98 Å². The topological polar surface area (TPSA) is 12.9 Å². The summed E-state index contributed by atoms with van der Waals surface area (Å²) in [7, 11) is 0. The minimum absolute atomic E-state index is 1.06. The van der Waals surface area contributed by atoms with Gasteiger partial charge >= 0.3 is 0 Å². The predicted octanol–water partition coefficient (Wildman–Crippen LogP) is 5.04. The van der Waals surface area contributed by atoms with E-state index in [-0.39, 0.29) is 0 Å². The molecule has 3 rings (SSSR count). The average Bonchev–Trinajstić information content (AvgIpc) is 2.98. The lowest BCUT2D eigenvalue weighted by Crippen LogP contribution is -1.81. The van der Waals surface area contributed by atoms with Gasteiger partial charge in [-0.1, -0.05) is 55.5 Å². The van der Waals surface area contributed by atoms with Gasteiger partial charge in [-0.05, 0) is 23.6 Å². The molecule has 0 N–H and O–H groups in total. The SMILES string of the molecule is CCc1cccc(-c2ncc(-c3ccccc3)s2)c1. The first kappa shape index (κ1) is 12.1. The predicted molar refractivity (Wildman–Crippen MR) is 82.4 cm³/mol. The summed E-state index contributed by atoms with van der Waals surface area (Å²) in [6.45, 7) is 2.18. The molecule has 0 unspecified atom stereocenters. The third kappa shape index (κ3) is 2.59. The van der Waals surface area contributed by atoms with Gasteiger partial charge in [0.2, 0.25) is 0 Å². The molecule has 2 heteroatoms. The first-order valence-electron chi connectivity index (χ1n) is 6.47. The molecule has 0 amide bonds. The fraction of sp³-hybridized carbons (Fsp3) is 0.118. The van der Waals surface area contributed by atoms with E-state index >= 15 is 0 Å². The molecule has 0 fully saturated rings. The number of aryl methyl sites for hydroxylation is 1. The van der Waals surface area contributed by atoms with Gasteiger partial charge in [-0.25, -0.2) is 4.98 Å². The van der Waals surface area contributed by atoms with Crippen molar-refractivity contribution >= 4 is 11.3 Å². The van der Waals surface area contributed by atoms with Crippen molar-refractivity contribution < 1.29 is 0 Å². The number of hydrogen-bond donors (Lipinski definition) is 0. The van der Waals surface area contributed by atoms with Gasteiger partial charge in [0, 0.05) is 11.8 Å². The summed E-state index contributed by atoms with van der Waals surface area (Å²) in [5.74, 6) is 0. The van der Waals surface area contributed by atoms with E-state index in [2.05, 4.69) is 60.4 Å². The largest absolute Gasteiger partial charge is 0.244 e. The Morgan fingerprint density at radius 3 is 2.53 bits per heavy atom. The second kappa shape index (κ2) is 5.37. The van der Waals surface area contributed by atoms with Crippen molar-refractivity contribution in [1.29, 1.82) is 0 Å². The molecule has 1 aromatic heterocycles. The average molecular weight is 265 g/mol. The summed E-state index contributed by atoms with van der Waals surface area (Å²) in [6, 6.07) is 19.0. The summed E-state index contributed by atoms with van der Waals surface area (Å²) >= 11 is 1.75. The fourth-order valence-electron chi connectivity index (χ4n) is 2.07. The lowest BCUT2D eigenvalue weighted by Gasteiger charge is -1.99. The Bertz CT molecular complexity index is 670. The Morgan fingerprint density at radius 2 is 1.74 bits per heavy atom. The maximum atomic E-state index is 4.56. The molecule has 94 valence electrons. The summed E-state index contributed by atoms with van der Waals surface area (Å²) < 4.78 is 0. The molecule has 0 aliphatic rings. The van der Waals surface area contributed by atoms with E-state index in [0.717, 1.165) is 11.4 Å². The molecule has 0 aliphatic heterocycles. The smallest absolute Gasteiger partial charge is 0.123 e. The minimum atomic E-state index is 1.06. The van der Waals surface area contributed by atoms with Gasteiger partial charge in [-0.15, -0.1) is 11.3 Å². The van der Waals surface area contributed by atoms with E-state index in [0.29, 0.717) is 0 Å². The van der Waals surface area contributed by atoms with E-state index in [9.17, 15) is 0 Å². The Kier molecular flexibility index (Phi) is 3.43. The van der Waals surface area contributed by atoms with Crippen LogP contribution >= 0.6 is 11.3 Å². The molecule has 19 heavy (non-hydrogen) atoms. The number of aromatic nitrogens is 1. The van der Waals surface area contributed by atoms with Gasteiger partial charge < -0.3 is 0 Å². The van der Waals surface area contributed by atoms with Crippen LogP contribution in [0.25, 0.3) is 21.0 Å². The highest BCUT2D eigenvalue weighted by Gasteiger charge is 2.06. The van der Waals surface area contributed by atoms with Crippen LogP contribution in [0.3, 0.4) is 0 Å². The molecule has 0 atom stereocenters. The highest BCUT2D eigenvalue weighted by atomic mass is 32.1. The monoisotopic (exact) mass is 265 g/mol. The zero-order valence-electron chi connectivity index (χ0n) is 10.8. The van der Waals surface area contributed by atoms with Gasteiger partial charge in [-0.3, -0.25) is 0 Å². The molecule has 0 spiro atoms. The molecule has 0 aliphatic carbocycles. The van der Waals surface area contributed by atoms with Crippen LogP contribution in [0.2, 0.25) is 0 Å². The van der Waals surface area contributed by atoms with Crippen LogP contribution in [0.1, 0.15) is 12.5 Å². The number of rotatable bonds is 3. The van der Waals surface area contributed by atoms with Crippen molar-refractivity contribution in [2.75, 3.05) is 0 Å². The molecule has 3 aromatic rings. The van der Waals surface area contributed by atoms with Crippen LogP contribution < -0.4 is 0 Å². The number of hydrogen-bond acceptors (Lipinski definition) is 2. The highest BCUT2D eigenvalue weighted by Crippen LogP contribution is 2.32. The minimum Gasteiger partial charge on any atom is -0.244 e. The maximum absolute atomic E-state index is 4.56. The Labute approximate surface area is 117 Å². The highest BCUT2D eigenvalue weighted by molar-refractivity contribution is 7.18. The zero-order chi connectivity index (χ0) is 13.1. The van der Waals surface area contributed by atoms with Gasteiger partial charge in [0.1, 0.15) is 5.01 Å². The second-order valence-electron chi connectivity index (χ2n) is 4.45. The zero-order valence-corrected chi connectivity index (χ0v) is 11.7. The van der Waals surface area contributed by atoms with E-state index < -0.39 is 0 Å². The standard InChI is InChI=1S/C17H15NS/c1-2-13-7-6-10-15(11-13)17-18-12-16(19-17)14-8-4-3-5-9-14/h3-12H,2H2,1H3. The van der Waals surface area contributed by atoms with E-state index in [1.807, 2.05) is 12.3 Å². The third-order valence-corrected chi connectivity index (χ3v) is 4.24. The number of thiazole rings is 1. The normalized spacial score (nSPS) is 10.6. The van der Waals surface area contributed by atoms with Crippen molar-refractivity contribution in [1.82, 2.24) is 4.98 Å². The van der Waals surface area contributed by atoms with Gasteiger partial charge in [0.15, 0.2) is 0 Å². The van der Waals surface area contributed by atoms with Crippen molar-refractivity contribution in [2.24, 2.45) is 0 Å². The maximum Gasteiger partial charge on any atom is 0.123 e. The number of nitrogens with zero attached hydrogens (tertiary/aromatic N) is 1. The van der Waals surface area contributed by atoms with Crippen molar-refractivity contribution in [2.45, 2.75) is 13.3 Å². The van der Waals surface area contributed by atoms with E-state index in [1.54, 1.807) is 11.3 Å². The first-order valence-corrected chi connectivity index (χ1v) is 7.29. The van der Waals surface area contributed by atoms with Crippen molar-refractivity contribution in [3.8, 4) is 21.0 Å². The lowest BCUT2D eigenvalue weighted by molar-refractivity contribution is 1.14. The quantitative estimate of drug-likeness (QED) is 0.646. The van der Waals surface area contributed by atoms with Gasteiger partial charge in [-0.2, -0.15) is 0 Å². The Balaban J connectivity index is 1.97. The van der Waals surface area contributed by atoms with Crippen LogP contribution in [0, 0.1) is 0 Å². The van der Waals surface area contributed by atoms with Gasteiger partial charge in [0.25, 0.3) is 0 Å². The van der Waals surface area contributed by atoms with E-state index in [1.165, 1.54) is 21.6 Å². The Morgan fingerprint density at radius 1 is 0.947 bits per heavy atom. The molecular weight excluding hydrogens is 250 g/mol. The molecular formula is C17H15NS. The molecule has 1 nitrogen and oxygen atoms in total. The first-order chi connectivity index (χ1) is 9.36. The molecule has 2 aromatic carbocycles. The molecule has 0 saturated heterocycles. The summed E-state index contributed by atoms with van der Waals surface area (Å²) in [5.41, 5.74) is 3.80. The molecule has 0 radical (unpaired) electrons. The molecule has 0 bridgehead atoms. The number of benzene rings is 2. The summed E-state index contributed by atoms with van der Waals surface area (Å²) in [5, 5.41) is 1.09. The van der Waals surface area contributed by atoms with Gasteiger partial charge in [0.05, 0.1) is 4.88 Å². The van der Waals surface area contributed by atoms with Crippen molar-refractivity contribution in [3.05, 3.63) is 66.4 Å². The summed E-state index contributed by atoms with van der Waals surface area (Å²) in [6.07, 6.45) is 3.03. The van der Waals surface area contributed by atoms with Crippen LogP contribution in [0.15, 0.2) is 60.8 Å².